The molecule has 0 aliphatic carbocycles. The molecule has 4 rings (SSSR count). The highest BCUT2D eigenvalue weighted by atomic mass is 35.5. The van der Waals surface area contributed by atoms with E-state index in [9.17, 15) is 0 Å². The van der Waals surface area contributed by atoms with Gasteiger partial charge in [-0.05, 0) is 28.3 Å². The lowest BCUT2D eigenvalue weighted by molar-refractivity contribution is 1.82. The molecular formula is C16H8BClS. The number of hydrogen-bond acceptors (Lipinski definition) is 1. The summed E-state index contributed by atoms with van der Waals surface area (Å²) in [6, 6.07) is 16.6. The molecule has 3 aromatic carbocycles. The second kappa shape index (κ2) is 3.99. The fraction of sp³-hybridized carbons (Fsp3) is 0. The lowest BCUT2D eigenvalue weighted by Crippen LogP contribution is -2.04. The summed E-state index contributed by atoms with van der Waals surface area (Å²) in [6.07, 6.45) is 0. The van der Waals surface area contributed by atoms with Crippen molar-refractivity contribution in [3.05, 3.63) is 53.6 Å². The lowest BCUT2D eigenvalue weighted by atomic mass is 9.90. The molecule has 4 aromatic rings. The molecule has 0 aliphatic rings. The van der Waals surface area contributed by atoms with Crippen LogP contribution in [0.3, 0.4) is 0 Å². The quantitative estimate of drug-likeness (QED) is 0.411. The van der Waals surface area contributed by atoms with E-state index in [0.29, 0.717) is 10.5 Å². The molecule has 0 unspecified atom stereocenters. The molecule has 0 amide bonds. The Bertz CT molecular complexity index is 940. The summed E-state index contributed by atoms with van der Waals surface area (Å²) in [7, 11) is 6.15. The van der Waals surface area contributed by atoms with Crippen LogP contribution in [0.5, 0.6) is 0 Å². The highest BCUT2D eigenvalue weighted by molar-refractivity contribution is 7.27. The second-order valence-corrected chi connectivity index (χ2v) is 6.06. The third kappa shape index (κ3) is 1.54. The van der Waals surface area contributed by atoms with E-state index in [4.69, 9.17) is 19.4 Å². The summed E-state index contributed by atoms with van der Waals surface area (Å²) in [6.45, 7) is 0. The van der Waals surface area contributed by atoms with Gasteiger partial charge in [0.25, 0.3) is 0 Å². The normalized spacial score (nSPS) is 11.6. The summed E-state index contributed by atoms with van der Waals surface area (Å²) in [5.74, 6) is 0. The van der Waals surface area contributed by atoms with Gasteiger partial charge in [0.1, 0.15) is 7.85 Å². The average Bonchev–Trinajstić information content (AvgIpc) is 2.82. The Hall–Kier alpha value is -1.51. The third-order valence-corrected chi connectivity index (χ3v) is 5.05. The van der Waals surface area contributed by atoms with Crippen LogP contribution in [0.25, 0.3) is 30.9 Å². The van der Waals surface area contributed by atoms with Crippen LogP contribution in [0.15, 0.2) is 48.5 Å². The van der Waals surface area contributed by atoms with E-state index in [1.807, 2.05) is 12.1 Å². The third-order valence-electron chi connectivity index (χ3n) is 3.52. The summed E-state index contributed by atoms with van der Waals surface area (Å²) >= 11 is 7.92. The number of rotatable bonds is 0. The maximum absolute atomic E-state index is 6.15. The van der Waals surface area contributed by atoms with Gasteiger partial charge in [-0.15, -0.1) is 11.3 Å². The van der Waals surface area contributed by atoms with Gasteiger partial charge in [-0.1, -0.05) is 53.5 Å². The van der Waals surface area contributed by atoms with Gasteiger partial charge in [0.05, 0.1) is 0 Å². The number of benzene rings is 3. The molecule has 19 heavy (non-hydrogen) atoms. The molecule has 0 saturated heterocycles. The number of thiophene rings is 1. The van der Waals surface area contributed by atoms with Crippen LogP contribution >= 0.6 is 22.9 Å². The minimum absolute atomic E-state index is 0.625. The Morgan fingerprint density at radius 1 is 0.895 bits per heavy atom. The van der Waals surface area contributed by atoms with Gasteiger partial charge >= 0.3 is 0 Å². The van der Waals surface area contributed by atoms with Crippen molar-refractivity contribution in [2.24, 2.45) is 0 Å². The second-order valence-electron chi connectivity index (χ2n) is 4.60. The van der Waals surface area contributed by atoms with E-state index in [1.165, 1.54) is 25.6 Å². The minimum Gasteiger partial charge on any atom is -0.135 e. The van der Waals surface area contributed by atoms with E-state index < -0.39 is 0 Å². The SMILES string of the molecule is [B]c1c(Cl)ccc2sc3c4ccccc4ccc3c12. The van der Waals surface area contributed by atoms with Crippen molar-refractivity contribution in [1.82, 2.24) is 0 Å². The van der Waals surface area contributed by atoms with E-state index in [2.05, 4.69) is 36.4 Å². The Labute approximate surface area is 121 Å². The first-order valence-corrected chi connectivity index (χ1v) is 7.23. The first-order valence-electron chi connectivity index (χ1n) is 6.03. The fourth-order valence-corrected chi connectivity index (χ4v) is 4.01. The van der Waals surface area contributed by atoms with Gasteiger partial charge in [0.2, 0.25) is 0 Å². The van der Waals surface area contributed by atoms with Crippen molar-refractivity contribution >= 4 is 67.2 Å². The summed E-state index contributed by atoms with van der Waals surface area (Å²) in [5.41, 5.74) is 0.681. The van der Waals surface area contributed by atoms with Crippen molar-refractivity contribution in [2.75, 3.05) is 0 Å². The summed E-state index contributed by atoms with van der Waals surface area (Å²) < 4.78 is 2.47. The maximum atomic E-state index is 6.15. The number of hydrogen-bond donors (Lipinski definition) is 0. The van der Waals surface area contributed by atoms with Gasteiger partial charge in [0.15, 0.2) is 0 Å². The topological polar surface area (TPSA) is 0 Å². The standard InChI is InChI=1S/C16H8BClS/c17-15-12(18)7-8-13-14(15)11-6-5-9-3-1-2-4-10(9)16(11)19-13/h1-8H. The zero-order chi connectivity index (χ0) is 13.0. The lowest BCUT2D eigenvalue weighted by Gasteiger charge is -2.02. The minimum atomic E-state index is 0.625. The monoisotopic (exact) mass is 278 g/mol. The molecule has 3 heteroatoms. The molecule has 0 spiro atoms. The zero-order valence-electron chi connectivity index (χ0n) is 9.98. The molecule has 1 aromatic heterocycles. The summed E-state index contributed by atoms with van der Waals surface area (Å²) in [5, 5.41) is 5.43. The van der Waals surface area contributed by atoms with Gasteiger partial charge in [-0.25, -0.2) is 0 Å². The van der Waals surface area contributed by atoms with Gasteiger partial charge in [0, 0.05) is 19.8 Å². The number of halogens is 1. The van der Waals surface area contributed by atoms with Crippen LogP contribution in [0.2, 0.25) is 5.02 Å². The van der Waals surface area contributed by atoms with Crippen LogP contribution < -0.4 is 5.46 Å². The van der Waals surface area contributed by atoms with Crippen LogP contribution in [0, 0.1) is 0 Å². The largest absolute Gasteiger partial charge is 0.135 e. The Morgan fingerprint density at radius 2 is 1.74 bits per heavy atom. The highest BCUT2D eigenvalue weighted by Gasteiger charge is 2.11. The van der Waals surface area contributed by atoms with Crippen LogP contribution in [-0.4, -0.2) is 7.85 Å². The molecule has 88 valence electrons. The van der Waals surface area contributed by atoms with Gasteiger partial charge < -0.3 is 0 Å². The van der Waals surface area contributed by atoms with E-state index in [1.54, 1.807) is 11.3 Å². The number of fused-ring (bicyclic) bond motifs is 5. The molecular weight excluding hydrogens is 271 g/mol. The molecule has 2 radical (unpaired) electrons. The fourth-order valence-electron chi connectivity index (χ4n) is 2.60. The van der Waals surface area contributed by atoms with Crippen molar-refractivity contribution in [3.63, 3.8) is 0 Å². The van der Waals surface area contributed by atoms with Gasteiger partial charge in [-0.2, -0.15) is 0 Å². The van der Waals surface area contributed by atoms with Crippen LogP contribution in [0.1, 0.15) is 0 Å². The average molecular weight is 279 g/mol. The van der Waals surface area contributed by atoms with Crippen molar-refractivity contribution in [2.45, 2.75) is 0 Å². The molecule has 0 saturated carbocycles. The molecule has 0 atom stereocenters. The van der Waals surface area contributed by atoms with Crippen LogP contribution in [-0.2, 0) is 0 Å². The Morgan fingerprint density at radius 3 is 2.63 bits per heavy atom. The van der Waals surface area contributed by atoms with Crippen molar-refractivity contribution < 1.29 is 0 Å². The van der Waals surface area contributed by atoms with E-state index >= 15 is 0 Å². The predicted octanol–water partition coefficient (Wildman–Crippen LogP) is 4.65. The first kappa shape index (κ1) is 11.3. The highest BCUT2D eigenvalue weighted by Crippen LogP contribution is 2.38. The smallest absolute Gasteiger partial charge is 0.116 e. The molecule has 0 aliphatic heterocycles. The summed E-state index contributed by atoms with van der Waals surface area (Å²) in [4.78, 5) is 0. The van der Waals surface area contributed by atoms with E-state index in [-0.39, 0.29) is 0 Å². The van der Waals surface area contributed by atoms with Crippen molar-refractivity contribution in [1.29, 1.82) is 0 Å². The molecule has 0 nitrogen and oxygen atoms in total. The zero-order valence-corrected chi connectivity index (χ0v) is 11.6. The molecule has 0 fully saturated rings. The van der Waals surface area contributed by atoms with Crippen molar-refractivity contribution in [3.8, 4) is 0 Å². The molecule has 0 N–H and O–H groups in total. The molecule has 1 heterocycles. The van der Waals surface area contributed by atoms with E-state index in [0.717, 1.165) is 5.39 Å². The first-order chi connectivity index (χ1) is 9.25. The Kier molecular flexibility index (Phi) is 2.38. The molecule has 0 bridgehead atoms. The Balaban J connectivity index is 2.32. The predicted molar refractivity (Wildman–Crippen MR) is 87.2 cm³/mol. The van der Waals surface area contributed by atoms with Gasteiger partial charge in [-0.3, -0.25) is 0 Å². The maximum Gasteiger partial charge on any atom is 0.116 e. The van der Waals surface area contributed by atoms with Crippen LogP contribution in [0.4, 0.5) is 0 Å².